The zero-order chi connectivity index (χ0) is 27.6. The van der Waals surface area contributed by atoms with Crippen LogP contribution < -0.4 is 19.1 Å². The Bertz CT molecular complexity index is 1450. The number of halogens is 1. The van der Waals surface area contributed by atoms with Gasteiger partial charge in [0.1, 0.15) is 23.0 Å². The van der Waals surface area contributed by atoms with E-state index in [4.69, 9.17) is 25.8 Å². The zero-order valence-corrected chi connectivity index (χ0v) is 22.0. The number of benzene rings is 3. The number of esters is 1. The van der Waals surface area contributed by atoms with Crippen LogP contribution in [0.4, 0.5) is 5.69 Å². The summed E-state index contributed by atoms with van der Waals surface area (Å²) in [6.45, 7) is 3.28. The topological polar surface area (TPSA) is 102 Å². The van der Waals surface area contributed by atoms with Crippen molar-refractivity contribution in [2.75, 3.05) is 19.1 Å². The predicted molar refractivity (Wildman–Crippen MR) is 143 cm³/mol. The fraction of sp³-hybridized carbons (Fsp3) is 0.207. The van der Waals surface area contributed by atoms with Gasteiger partial charge in [0.15, 0.2) is 0 Å². The summed E-state index contributed by atoms with van der Waals surface area (Å²) in [6, 6.07) is 15.5. The molecule has 0 aliphatic carbocycles. The van der Waals surface area contributed by atoms with Crippen molar-refractivity contribution in [1.82, 2.24) is 0 Å². The van der Waals surface area contributed by atoms with Crippen LogP contribution in [-0.2, 0) is 20.8 Å². The van der Waals surface area contributed by atoms with E-state index in [1.165, 1.54) is 38.2 Å². The summed E-state index contributed by atoms with van der Waals surface area (Å²) in [5, 5.41) is 11.8. The number of amides is 1. The first-order valence-corrected chi connectivity index (χ1v) is 12.2. The van der Waals surface area contributed by atoms with E-state index in [0.717, 1.165) is 12.0 Å². The maximum Gasteiger partial charge on any atom is 0.308 e. The first-order chi connectivity index (χ1) is 18.2. The van der Waals surface area contributed by atoms with Gasteiger partial charge in [0.05, 0.1) is 36.4 Å². The third-order valence-electron chi connectivity index (χ3n) is 6.23. The molecule has 196 valence electrons. The molecule has 0 aromatic heterocycles. The van der Waals surface area contributed by atoms with E-state index in [9.17, 15) is 19.5 Å². The molecule has 3 aromatic rings. The van der Waals surface area contributed by atoms with Crippen molar-refractivity contribution < 1.29 is 33.7 Å². The Morgan fingerprint density at radius 2 is 1.68 bits per heavy atom. The molecule has 1 atom stereocenters. The monoisotopic (exact) mass is 535 g/mol. The number of nitrogens with zero attached hydrogens (tertiary/aromatic N) is 1. The van der Waals surface area contributed by atoms with Gasteiger partial charge in [-0.15, -0.1) is 0 Å². The highest BCUT2D eigenvalue weighted by molar-refractivity contribution is 6.51. The number of aliphatic hydroxyl groups is 1. The average molecular weight is 536 g/mol. The van der Waals surface area contributed by atoms with Crippen molar-refractivity contribution in [1.29, 1.82) is 0 Å². The Labute approximate surface area is 225 Å². The van der Waals surface area contributed by atoms with Gasteiger partial charge in [0.2, 0.25) is 0 Å². The lowest BCUT2D eigenvalue weighted by atomic mass is 9.94. The number of anilines is 1. The largest absolute Gasteiger partial charge is 0.507 e. The van der Waals surface area contributed by atoms with E-state index in [2.05, 4.69) is 0 Å². The van der Waals surface area contributed by atoms with Crippen LogP contribution in [0.15, 0.2) is 66.2 Å². The number of carbonyl (C=O) groups is 3. The van der Waals surface area contributed by atoms with Crippen molar-refractivity contribution in [3.8, 4) is 17.2 Å². The Morgan fingerprint density at radius 1 is 1.00 bits per heavy atom. The quantitative estimate of drug-likeness (QED) is 0.141. The molecule has 4 rings (SSSR count). The van der Waals surface area contributed by atoms with E-state index < -0.39 is 29.5 Å². The number of ketones is 1. The van der Waals surface area contributed by atoms with Gasteiger partial charge in [-0.2, -0.15) is 0 Å². The molecule has 0 saturated carbocycles. The standard InChI is InChI=1S/C29H26ClNO7/c1-5-17-9-11-19(12-10-17)31-26(18-7-6-8-20(13-18)38-16(2)32)25(28(34)29(31)35)27(33)21-14-24(37-4)22(30)15-23(21)36-3/h6-15,26,33H,5H2,1-4H3/b27-25+. The molecule has 0 radical (unpaired) electrons. The Morgan fingerprint density at radius 3 is 2.29 bits per heavy atom. The Kier molecular flexibility index (Phi) is 7.73. The normalized spacial score (nSPS) is 16.4. The van der Waals surface area contributed by atoms with Crippen molar-refractivity contribution in [2.24, 2.45) is 0 Å². The SMILES string of the molecule is CCc1ccc(N2C(=O)C(=O)/C(=C(/O)c3cc(OC)c(Cl)cc3OC)C2c2cccc(OC(C)=O)c2)cc1. The van der Waals surface area contributed by atoms with Crippen LogP contribution in [0.3, 0.4) is 0 Å². The molecule has 3 aromatic carbocycles. The Hall–Kier alpha value is -4.30. The van der Waals surface area contributed by atoms with Gasteiger partial charge in [0, 0.05) is 18.7 Å². The van der Waals surface area contributed by atoms with Crippen molar-refractivity contribution in [3.63, 3.8) is 0 Å². The van der Waals surface area contributed by atoms with Crippen LogP contribution in [-0.4, -0.2) is 37.0 Å². The molecular weight excluding hydrogens is 510 g/mol. The van der Waals surface area contributed by atoms with E-state index in [-0.39, 0.29) is 33.4 Å². The maximum atomic E-state index is 13.5. The van der Waals surface area contributed by atoms with Crippen molar-refractivity contribution in [2.45, 2.75) is 26.3 Å². The Balaban J connectivity index is 1.98. The molecule has 1 N–H and O–H groups in total. The predicted octanol–water partition coefficient (Wildman–Crippen LogP) is 5.47. The van der Waals surface area contributed by atoms with Crippen LogP contribution in [0.25, 0.3) is 5.76 Å². The summed E-state index contributed by atoms with van der Waals surface area (Å²) in [4.78, 5) is 39.9. The second-order valence-corrected chi connectivity index (χ2v) is 8.95. The first-order valence-electron chi connectivity index (χ1n) is 11.8. The van der Waals surface area contributed by atoms with Gasteiger partial charge in [-0.25, -0.2) is 0 Å². The van der Waals surface area contributed by atoms with Crippen LogP contribution >= 0.6 is 11.6 Å². The van der Waals surface area contributed by atoms with Crippen LogP contribution in [0, 0.1) is 0 Å². The minimum atomic E-state index is -1.04. The number of rotatable bonds is 7. The van der Waals surface area contributed by atoms with E-state index >= 15 is 0 Å². The summed E-state index contributed by atoms with van der Waals surface area (Å²) in [5.74, 6) is -2.05. The molecule has 1 amide bonds. The summed E-state index contributed by atoms with van der Waals surface area (Å²) < 4.78 is 15.9. The number of hydrogen-bond acceptors (Lipinski definition) is 7. The lowest BCUT2D eigenvalue weighted by Gasteiger charge is -2.26. The van der Waals surface area contributed by atoms with Gasteiger partial charge in [-0.1, -0.05) is 42.8 Å². The fourth-order valence-corrected chi connectivity index (χ4v) is 4.64. The number of methoxy groups -OCH3 is 2. The van der Waals surface area contributed by atoms with Gasteiger partial charge in [0.25, 0.3) is 11.7 Å². The van der Waals surface area contributed by atoms with Crippen LogP contribution in [0.2, 0.25) is 5.02 Å². The van der Waals surface area contributed by atoms with E-state index in [1.807, 2.05) is 19.1 Å². The molecule has 1 unspecified atom stereocenters. The molecule has 1 aliphatic heterocycles. The third-order valence-corrected chi connectivity index (χ3v) is 6.53. The molecule has 38 heavy (non-hydrogen) atoms. The second kappa shape index (κ2) is 11.0. The zero-order valence-electron chi connectivity index (χ0n) is 21.3. The highest BCUT2D eigenvalue weighted by Crippen LogP contribution is 2.45. The lowest BCUT2D eigenvalue weighted by Crippen LogP contribution is -2.29. The van der Waals surface area contributed by atoms with Crippen LogP contribution in [0.5, 0.6) is 17.2 Å². The summed E-state index contributed by atoms with van der Waals surface area (Å²) >= 11 is 6.23. The number of ether oxygens (including phenoxy) is 3. The van der Waals surface area contributed by atoms with Gasteiger partial charge >= 0.3 is 5.97 Å². The molecule has 1 fully saturated rings. The molecular formula is C29H26ClNO7. The third kappa shape index (κ3) is 4.95. The van der Waals surface area contributed by atoms with Crippen molar-refractivity contribution >= 4 is 40.7 Å². The van der Waals surface area contributed by atoms with Gasteiger partial charge < -0.3 is 19.3 Å². The highest BCUT2D eigenvalue weighted by atomic mass is 35.5. The molecule has 1 heterocycles. The molecule has 1 saturated heterocycles. The minimum Gasteiger partial charge on any atom is -0.507 e. The lowest BCUT2D eigenvalue weighted by molar-refractivity contribution is -0.132. The number of aliphatic hydroxyl groups excluding tert-OH is 1. The highest BCUT2D eigenvalue weighted by Gasteiger charge is 2.47. The minimum absolute atomic E-state index is 0.120. The molecule has 0 bridgehead atoms. The first kappa shape index (κ1) is 26.8. The number of hydrogen-bond donors (Lipinski definition) is 1. The molecule has 0 spiro atoms. The van der Waals surface area contributed by atoms with Gasteiger partial charge in [-0.3, -0.25) is 19.3 Å². The molecule has 9 heteroatoms. The van der Waals surface area contributed by atoms with Crippen molar-refractivity contribution in [3.05, 3.63) is 87.9 Å². The van der Waals surface area contributed by atoms with E-state index in [0.29, 0.717) is 11.3 Å². The van der Waals surface area contributed by atoms with Crippen LogP contribution in [0.1, 0.15) is 36.6 Å². The van der Waals surface area contributed by atoms with Gasteiger partial charge in [-0.05, 0) is 47.9 Å². The summed E-state index contributed by atoms with van der Waals surface area (Å²) in [6.07, 6.45) is 0.797. The molecule has 8 nitrogen and oxygen atoms in total. The number of aryl methyl sites for hydroxylation is 1. The smallest absolute Gasteiger partial charge is 0.308 e. The summed E-state index contributed by atoms with van der Waals surface area (Å²) in [7, 11) is 2.81. The number of carbonyl (C=O) groups excluding carboxylic acids is 3. The van der Waals surface area contributed by atoms with E-state index in [1.54, 1.807) is 36.4 Å². The second-order valence-electron chi connectivity index (χ2n) is 8.54. The average Bonchev–Trinajstić information content (AvgIpc) is 3.18. The summed E-state index contributed by atoms with van der Waals surface area (Å²) in [5.41, 5.74) is 1.92. The maximum absolute atomic E-state index is 13.5. The fourth-order valence-electron chi connectivity index (χ4n) is 4.41. The molecule has 1 aliphatic rings. The number of Topliss-reactive ketones (excluding diaryl/α,β-unsaturated/α-hetero) is 1.